The molecule has 2 aromatic rings. The lowest BCUT2D eigenvalue weighted by Gasteiger charge is -2.02. The van der Waals surface area contributed by atoms with Crippen molar-refractivity contribution in [2.24, 2.45) is 0 Å². The maximum Gasteiger partial charge on any atom is 0.182 e. The molecule has 0 spiro atoms. The second kappa shape index (κ2) is 4.80. The van der Waals surface area contributed by atoms with E-state index in [0.29, 0.717) is 21.8 Å². The molecule has 0 radical (unpaired) electrons. The molecule has 1 N–H and O–H groups in total. The topological polar surface area (TPSA) is 41.6 Å². The summed E-state index contributed by atoms with van der Waals surface area (Å²) in [4.78, 5) is 4.50. The zero-order chi connectivity index (χ0) is 12.5. The molecule has 0 atom stereocenters. The molecule has 1 aromatic carbocycles. The Kier molecular flexibility index (Phi) is 3.16. The summed E-state index contributed by atoms with van der Waals surface area (Å²) >= 11 is 3.24. The van der Waals surface area contributed by atoms with Crippen molar-refractivity contribution in [3.8, 4) is 11.4 Å². The summed E-state index contributed by atoms with van der Waals surface area (Å²) in [5.74, 6) is 1.68. The first-order chi connectivity index (χ1) is 8.75. The predicted molar refractivity (Wildman–Crippen MR) is 70.7 cm³/mol. The van der Waals surface area contributed by atoms with Gasteiger partial charge in [0.1, 0.15) is 11.6 Å². The summed E-state index contributed by atoms with van der Waals surface area (Å²) in [6, 6.07) is 4.90. The Morgan fingerprint density at radius 2 is 2.06 bits per heavy atom. The number of aromatic nitrogens is 3. The van der Waals surface area contributed by atoms with Gasteiger partial charge in [0.15, 0.2) is 5.82 Å². The first-order valence-corrected chi connectivity index (χ1v) is 6.91. The van der Waals surface area contributed by atoms with Crippen LogP contribution in [0.2, 0.25) is 0 Å². The van der Waals surface area contributed by atoms with Gasteiger partial charge < -0.3 is 0 Å². The molecule has 0 unspecified atom stereocenters. The Morgan fingerprint density at radius 3 is 2.83 bits per heavy atom. The molecular formula is C13H13BrFN3. The number of benzene rings is 1. The van der Waals surface area contributed by atoms with Crippen molar-refractivity contribution >= 4 is 15.9 Å². The van der Waals surface area contributed by atoms with Crippen LogP contribution in [0.4, 0.5) is 4.39 Å². The zero-order valence-electron chi connectivity index (χ0n) is 9.79. The summed E-state index contributed by atoms with van der Waals surface area (Å²) in [6.45, 7) is 0. The number of nitrogens with one attached hydrogen (secondary N) is 1. The van der Waals surface area contributed by atoms with Gasteiger partial charge in [0.2, 0.25) is 0 Å². The highest BCUT2D eigenvalue weighted by atomic mass is 79.9. The summed E-state index contributed by atoms with van der Waals surface area (Å²) in [5.41, 5.74) is 0.690. The van der Waals surface area contributed by atoms with E-state index in [9.17, 15) is 4.39 Å². The van der Waals surface area contributed by atoms with Crippen LogP contribution >= 0.6 is 15.9 Å². The van der Waals surface area contributed by atoms with Crippen LogP contribution in [0.5, 0.6) is 0 Å². The fourth-order valence-electron chi connectivity index (χ4n) is 2.45. The zero-order valence-corrected chi connectivity index (χ0v) is 11.4. The van der Waals surface area contributed by atoms with Gasteiger partial charge in [-0.25, -0.2) is 9.37 Å². The average Bonchev–Trinajstić information content (AvgIpc) is 3.01. The minimum Gasteiger partial charge on any atom is -0.262 e. The summed E-state index contributed by atoms with van der Waals surface area (Å²) in [6.07, 6.45) is 4.84. The maximum absolute atomic E-state index is 13.5. The van der Waals surface area contributed by atoms with Gasteiger partial charge in [0, 0.05) is 11.5 Å². The smallest absolute Gasteiger partial charge is 0.182 e. The normalized spacial score (nSPS) is 16.3. The molecular weight excluding hydrogens is 297 g/mol. The third kappa shape index (κ3) is 2.07. The van der Waals surface area contributed by atoms with Gasteiger partial charge >= 0.3 is 0 Å². The highest BCUT2D eigenvalue weighted by molar-refractivity contribution is 9.10. The fraction of sp³-hybridized carbons (Fsp3) is 0.385. The van der Waals surface area contributed by atoms with E-state index in [1.807, 2.05) is 6.07 Å². The van der Waals surface area contributed by atoms with E-state index in [0.717, 1.165) is 5.82 Å². The van der Waals surface area contributed by atoms with Crippen molar-refractivity contribution in [1.29, 1.82) is 0 Å². The number of hydrogen-bond acceptors (Lipinski definition) is 2. The van der Waals surface area contributed by atoms with Crippen LogP contribution in [0, 0.1) is 5.82 Å². The molecule has 1 saturated carbocycles. The van der Waals surface area contributed by atoms with E-state index in [2.05, 4.69) is 31.1 Å². The van der Waals surface area contributed by atoms with Gasteiger partial charge in [-0.05, 0) is 40.9 Å². The van der Waals surface area contributed by atoms with E-state index in [-0.39, 0.29) is 5.82 Å². The monoisotopic (exact) mass is 309 g/mol. The number of nitrogens with zero attached hydrogens (tertiary/aromatic N) is 2. The van der Waals surface area contributed by atoms with Crippen LogP contribution in [-0.4, -0.2) is 15.2 Å². The minimum atomic E-state index is -0.292. The molecule has 0 amide bonds. The Morgan fingerprint density at radius 1 is 1.28 bits per heavy atom. The largest absolute Gasteiger partial charge is 0.262 e. The van der Waals surface area contributed by atoms with E-state index in [1.54, 1.807) is 6.07 Å². The van der Waals surface area contributed by atoms with Crippen molar-refractivity contribution in [3.05, 3.63) is 34.3 Å². The Hall–Kier alpha value is -1.23. The molecule has 0 saturated heterocycles. The Bertz CT molecular complexity index is 561. The molecule has 3 nitrogen and oxygen atoms in total. The first kappa shape index (κ1) is 11.8. The molecule has 1 aliphatic carbocycles. The van der Waals surface area contributed by atoms with Gasteiger partial charge in [0.05, 0.1) is 4.47 Å². The molecule has 3 rings (SSSR count). The fourth-order valence-corrected chi connectivity index (χ4v) is 2.89. The lowest BCUT2D eigenvalue weighted by molar-refractivity contribution is 0.621. The molecule has 1 aromatic heterocycles. The minimum absolute atomic E-state index is 0.292. The lowest BCUT2D eigenvalue weighted by atomic mass is 10.1. The Labute approximate surface area is 113 Å². The molecule has 18 heavy (non-hydrogen) atoms. The Balaban J connectivity index is 1.95. The summed E-state index contributed by atoms with van der Waals surface area (Å²) in [7, 11) is 0. The molecule has 0 bridgehead atoms. The number of rotatable bonds is 2. The van der Waals surface area contributed by atoms with Crippen molar-refractivity contribution in [2.45, 2.75) is 31.6 Å². The molecule has 94 valence electrons. The predicted octanol–water partition coefficient (Wildman–Crippen LogP) is 4.03. The van der Waals surface area contributed by atoms with Gasteiger partial charge in [0.25, 0.3) is 0 Å². The van der Waals surface area contributed by atoms with E-state index < -0.39 is 0 Å². The number of aromatic amines is 1. The van der Waals surface area contributed by atoms with Crippen molar-refractivity contribution in [3.63, 3.8) is 0 Å². The van der Waals surface area contributed by atoms with Crippen LogP contribution in [-0.2, 0) is 0 Å². The SMILES string of the molecule is Fc1cccc(-c2n[nH]c(C3CCCC3)n2)c1Br. The molecule has 5 heteroatoms. The van der Waals surface area contributed by atoms with Crippen LogP contribution in [0.3, 0.4) is 0 Å². The van der Waals surface area contributed by atoms with Crippen LogP contribution in [0.1, 0.15) is 37.4 Å². The quantitative estimate of drug-likeness (QED) is 0.910. The van der Waals surface area contributed by atoms with Crippen LogP contribution < -0.4 is 0 Å². The first-order valence-electron chi connectivity index (χ1n) is 6.12. The second-order valence-corrected chi connectivity index (χ2v) is 5.42. The molecule has 0 aliphatic heterocycles. The van der Waals surface area contributed by atoms with Gasteiger partial charge in [-0.1, -0.05) is 18.9 Å². The van der Waals surface area contributed by atoms with E-state index >= 15 is 0 Å². The summed E-state index contributed by atoms with van der Waals surface area (Å²) in [5, 5.41) is 7.19. The van der Waals surface area contributed by atoms with E-state index in [4.69, 9.17) is 0 Å². The van der Waals surface area contributed by atoms with Crippen LogP contribution in [0.25, 0.3) is 11.4 Å². The number of hydrogen-bond donors (Lipinski definition) is 1. The average molecular weight is 310 g/mol. The molecule has 1 heterocycles. The van der Waals surface area contributed by atoms with E-state index in [1.165, 1.54) is 31.7 Å². The van der Waals surface area contributed by atoms with Crippen LogP contribution in [0.15, 0.2) is 22.7 Å². The third-order valence-corrected chi connectivity index (χ3v) is 4.24. The van der Waals surface area contributed by atoms with Gasteiger partial charge in [-0.2, -0.15) is 5.10 Å². The summed E-state index contributed by atoms with van der Waals surface area (Å²) < 4.78 is 13.9. The third-order valence-electron chi connectivity index (χ3n) is 3.44. The second-order valence-electron chi connectivity index (χ2n) is 4.63. The van der Waals surface area contributed by atoms with Crippen molar-refractivity contribution in [1.82, 2.24) is 15.2 Å². The van der Waals surface area contributed by atoms with Crippen molar-refractivity contribution < 1.29 is 4.39 Å². The highest BCUT2D eigenvalue weighted by Gasteiger charge is 2.21. The van der Waals surface area contributed by atoms with Gasteiger partial charge in [-0.15, -0.1) is 0 Å². The standard InChI is InChI=1S/C13H13BrFN3/c14-11-9(6-3-7-10(11)15)13-16-12(17-18-13)8-4-1-2-5-8/h3,6-8H,1-2,4-5H2,(H,16,17,18). The maximum atomic E-state index is 13.5. The van der Waals surface area contributed by atoms with Gasteiger partial charge in [-0.3, -0.25) is 5.10 Å². The number of halogens is 2. The molecule has 1 fully saturated rings. The lowest BCUT2D eigenvalue weighted by Crippen LogP contribution is -1.94. The molecule has 1 aliphatic rings. The van der Waals surface area contributed by atoms with Crippen molar-refractivity contribution in [2.75, 3.05) is 0 Å². The number of H-pyrrole nitrogens is 1. The highest BCUT2D eigenvalue weighted by Crippen LogP contribution is 2.34.